The van der Waals surface area contributed by atoms with E-state index in [4.69, 9.17) is 5.73 Å². The molecule has 50 valence electrons. The van der Waals surface area contributed by atoms with E-state index >= 15 is 0 Å². The second kappa shape index (κ2) is 3.31. The average molecular weight is 166 g/mol. The standard InChI is InChI=1S/C2H3N5S.ClH/c3-2(8)7-1-4-5-6-7;/h1H,(H2,3,8);1H. The van der Waals surface area contributed by atoms with Crippen LogP contribution in [0.25, 0.3) is 0 Å². The Labute approximate surface area is 62.6 Å². The Bertz CT molecular complexity index is 183. The molecule has 0 saturated carbocycles. The second-order valence-corrected chi connectivity index (χ2v) is 1.51. The molecule has 0 aliphatic heterocycles. The summed E-state index contributed by atoms with van der Waals surface area (Å²) in [7, 11) is 0. The van der Waals surface area contributed by atoms with Gasteiger partial charge in [-0.05, 0) is 22.6 Å². The molecule has 1 heterocycles. The van der Waals surface area contributed by atoms with Gasteiger partial charge < -0.3 is 5.73 Å². The van der Waals surface area contributed by atoms with Crippen molar-refractivity contribution >= 4 is 29.7 Å². The summed E-state index contributed by atoms with van der Waals surface area (Å²) in [6.07, 6.45) is 1.34. The maximum atomic E-state index is 5.11. The minimum Gasteiger partial charge on any atom is -0.374 e. The number of hydrogen-bond acceptors (Lipinski definition) is 4. The zero-order valence-electron chi connectivity index (χ0n) is 4.26. The number of rotatable bonds is 0. The van der Waals surface area contributed by atoms with Gasteiger partial charge in [0.2, 0.25) is 0 Å². The van der Waals surface area contributed by atoms with Gasteiger partial charge in [-0.15, -0.1) is 17.5 Å². The zero-order valence-corrected chi connectivity index (χ0v) is 5.89. The normalized spacial score (nSPS) is 8.00. The minimum atomic E-state index is 0. The van der Waals surface area contributed by atoms with Gasteiger partial charge in [0, 0.05) is 0 Å². The Balaban J connectivity index is 0.000000640. The largest absolute Gasteiger partial charge is 0.374 e. The van der Waals surface area contributed by atoms with Gasteiger partial charge in [-0.2, -0.15) is 4.68 Å². The molecule has 1 aromatic rings. The van der Waals surface area contributed by atoms with Crippen LogP contribution in [0, 0.1) is 0 Å². The fourth-order valence-corrected chi connectivity index (χ4v) is 0.346. The Hall–Kier alpha value is -0.750. The highest BCUT2D eigenvalue weighted by Crippen LogP contribution is 1.70. The summed E-state index contributed by atoms with van der Waals surface area (Å²) in [4.78, 5) is 0. The van der Waals surface area contributed by atoms with Crippen molar-refractivity contribution in [2.45, 2.75) is 0 Å². The summed E-state index contributed by atoms with van der Waals surface area (Å²) in [5.41, 5.74) is 5.11. The fraction of sp³-hybridized carbons (Fsp3) is 0. The predicted octanol–water partition coefficient (Wildman–Crippen LogP) is -0.813. The first-order valence-electron chi connectivity index (χ1n) is 1.83. The van der Waals surface area contributed by atoms with Gasteiger partial charge >= 0.3 is 0 Å². The maximum absolute atomic E-state index is 5.11. The topological polar surface area (TPSA) is 69.6 Å². The molecule has 0 amide bonds. The van der Waals surface area contributed by atoms with Crippen LogP contribution in [0.2, 0.25) is 0 Å². The van der Waals surface area contributed by atoms with Crippen molar-refractivity contribution in [3.05, 3.63) is 6.33 Å². The molecule has 1 aromatic heterocycles. The van der Waals surface area contributed by atoms with Gasteiger partial charge in [0.25, 0.3) is 0 Å². The third-order valence-electron chi connectivity index (χ3n) is 0.575. The van der Waals surface area contributed by atoms with Gasteiger partial charge in [-0.1, -0.05) is 0 Å². The predicted molar refractivity (Wildman–Crippen MR) is 37.2 cm³/mol. The molecule has 0 aromatic carbocycles. The van der Waals surface area contributed by atoms with E-state index in [0.29, 0.717) is 0 Å². The van der Waals surface area contributed by atoms with Crippen LogP contribution in [0.5, 0.6) is 0 Å². The molecule has 0 unspecified atom stereocenters. The number of nitrogens with zero attached hydrogens (tertiary/aromatic N) is 4. The highest BCUT2D eigenvalue weighted by molar-refractivity contribution is 7.80. The van der Waals surface area contributed by atoms with E-state index in [9.17, 15) is 0 Å². The third-order valence-corrected chi connectivity index (χ3v) is 0.762. The molecule has 0 aliphatic carbocycles. The smallest absolute Gasteiger partial charge is 0.194 e. The van der Waals surface area contributed by atoms with Gasteiger partial charge in [0.1, 0.15) is 6.33 Å². The average Bonchev–Trinajstić information content (AvgIpc) is 2.12. The van der Waals surface area contributed by atoms with Crippen molar-refractivity contribution < 1.29 is 0 Å². The number of nitrogens with two attached hydrogens (primary N) is 1. The van der Waals surface area contributed by atoms with E-state index in [1.807, 2.05) is 0 Å². The molecular weight excluding hydrogens is 162 g/mol. The van der Waals surface area contributed by atoms with Gasteiger partial charge in [0.05, 0.1) is 0 Å². The van der Waals surface area contributed by atoms with Crippen molar-refractivity contribution in [1.29, 1.82) is 0 Å². The minimum absolute atomic E-state index is 0. The first-order chi connectivity index (χ1) is 3.80. The Morgan fingerprint density at radius 3 is 2.56 bits per heavy atom. The van der Waals surface area contributed by atoms with Crippen molar-refractivity contribution in [2.75, 3.05) is 0 Å². The number of tetrazole rings is 1. The molecule has 0 fully saturated rings. The maximum Gasteiger partial charge on any atom is 0.194 e. The monoisotopic (exact) mass is 165 g/mol. The number of aromatic nitrogens is 4. The van der Waals surface area contributed by atoms with Gasteiger partial charge in [0.15, 0.2) is 5.11 Å². The van der Waals surface area contributed by atoms with Gasteiger partial charge in [-0.25, -0.2) is 0 Å². The lowest BCUT2D eigenvalue weighted by Crippen LogP contribution is -2.19. The molecule has 9 heavy (non-hydrogen) atoms. The molecule has 0 atom stereocenters. The molecule has 0 bridgehead atoms. The quantitative estimate of drug-likeness (QED) is 0.509. The molecule has 1 rings (SSSR count). The van der Waals surface area contributed by atoms with Crippen LogP contribution in [-0.2, 0) is 0 Å². The summed E-state index contributed by atoms with van der Waals surface area (Å²) in [6.45, 7) is 0. The Morgan fingerprint density at radius 2 is 2.33 bits per heavy atom. The zero-order chi connectivity index (χ0) is 5.98. The van der Waals surface area contributed by atoms with E-state index in [1.165, 1.54) is 11.0 Å². The summed E-state index contributed by atoms with van der Waals surface area (Å²) < 4.78 is 1.20. The van der Waals surface area contributed by atoms with Crippen LogP contribution >= 0.6 is 24.6 Å². The lowest BCUT2D eigenvalue weighted by atomic mass is 11.1. The summed E-state index contributed by atoms with van der Waals surface area (Å²) >= 11 is 4.51. The third kappa shape index (κ3) is 1.90. The molecule has 7 heteroatoms. The van der Waals surface area contributed by atoms with E-state index in [1.54, 1.807) is 0 Å². The molecule has 0 spiro atoms. The highest BCUT2D eigenvalue weighted by Gasteiger charge is 1.90. The number of hydrogen-bond donors (Lipinski definition) is 1. The first-order valence-corrected chi connectivity index (χ1v) is 2.24. The molecular formula is C2H4ClN5S. The number of thiocarbonyl (C=S) groups is 1. The molecule has 0 aliphatic rings. The van der Waals surface area contributed by atoms with Crippen molar-refractivity contribution in [3.8, 4) is 0 Å². The van der Waals surface area contributed by atoms with Crippen LogP contribution in [0.4, 0.5) is 0 Å². The van der Waals surface area contributed by atoms with Crippen LogP contribution in [0.1, 0.15) is 0 Å². The van der Waals surface area contributed by atoms with Crippen molar-refractivity contribution in [1.82, 2.24) is 20.2 Å². The van der Waals surface area contributed by atoms with Crippen LogP contribution in [0.3, 0.4) is 0 Å². The van der Waals surface area contributed by atoms with Crippen LogP contribution in [-0.4, -0.2) is 25.3 Å². The molecule has 0 radical (unpaired) electrons. The first kappa shape index (κ1) is 8.25. The summed E-state index contributed by atoms with van der Waals surface area (Å²) in [5, 5.41) is 10.2. The lowest BCUT2D eigenvalue weighted by Gasteiger charge is -1.87. The van der Waals surface area contributed by atoms with E-state index in [-0.39, 0.29) is 17.5 Å². The molecule has 2 N–H and O–H groups in total. The lowest BCUT2D eigenvalue weighted by molar-refractivity contribution is 0.822. The molecule has 5 nitrogen and oxygen atoms in total. The van der Waals surface area contributed by atoms with Crippen LogP contribution in [0.15, 0.2) is 6.33 Å². The Kier molecular flexibility index (Phi) is 3.03. The van der Waals surface area contributed by atoms with E-state index in [2.05, 4.69) is 27.7 Å². The Morgan fingerprint density at radius 1 is 1.67 bits per heavy atom. The van der Waals surface area contributed by atoms with Crippen LogP contribution < -0.4 is 5.73 Å². The van der Waals surface area contributed by atoms with Crippen molar-refractivity contribution in [3.63, 3.8) is 0 Å². The van der Waals surface area contributed by atoms with Gasteiger partial charge in [-0.3, -0.25) is 0 Å². The summed E-state index contributed by atoms with van der Waals surface area (Å²) in [6, 6.07) is 0. The van der Waals surface area contributed by atoms with E-state index in [0.717, 1.165) is 0 Å². The van der Waals surface area contributed by atoms with E-state index < -0.39 is 0 Å². The highest BCUT2D eigenvalue weighted by atomic mass is 35.5. The summed E-state index contributed by atoms with van der Waals surface area (Å²) in [5.74, 6) is 0. The number of halogens is 1. The molecule has 0 saturated heterocycles. The fourth-order valence-electron chi connectivity index (χ4n) is 0.262. The second-order valence-electron chi connectivity index (χ2n) is 1.09. The SMILES string of the molecule is Cl.NC(=S)n1cnnn1. The van der Waals surface area contributed by atoms with Crippen molar-refractivity contribution in [2.24, 2.45) is 5.73 Å².